The molecule has 0 aliphatic carbocycles. The normalized spacial score (nSPS) is 11.2. The molecule has 3 N–H and O–H groups in total. The topological polar surface area (TPSA) is 73.6 Å². The molecule has 0 bridgehead atoms. The quantitative estimate of drug-likeness (QED) is 0.817. The van der Waals surface area contributed by atoms with Gasteiger partial charge in [-0.25, -0.2) is 0 Å². The lowest BCUT2D eigenvalue weighted by Gasteiger charge is -2.17. The standard InChI is InChI=1S/C19H24N2O3/c1-19(2,20)18(22)21-15-6-10-17(11-7-15)24-16-8-4-14(5-9-16)12-13-23-3/h4-11H,12-13,20H2,1-3H3,(H,21,22). The average molecular weight is 328 g/mol. The minimum atomic E-state index is -0.917. The Morgan fingerprint density at radius 1 is 1.04 bits per heavy atom. The first-order valence-corrected chi connectivity index (χ1v) is 7.84. The zero-order chi connectivity index (χ0) is 17.6. The van der Waals surface area contributed by atoms with E-state index in [1.807, 2.05) is 24.3 Å². The van der Waals surface area contributed by atoms with Gasteiger partial charge in [0.2, 0.25) is 5.91 Å². The number of carbonyl (C=O) groups is 1. The van der Waals surface area contributed by atoms with E-state index in [1.54, 1.807) is 45.2 Å². The fraction of sp³-hybridized carbons (Fsp3) is 0.316. The lowest BCUT2D eigenvalue weighted by molar-refractivity contribution is -0.120. The average Bonchev–Trinajstić information content (AvgIpc) is 2.55. The summed E-state index contributed by atoms with van der Waals surface area (Å²) in [6, 6.07) is 15.1. The summed E-state index contributed by atoms with van der Waals surface area (Å²) >= 11 is 0. The lowest BCUT2D eigenvalue weighted by atomic mass is 10.1. The van der Waals surface area contributed by atoms with Gasteiger partial charge < -0.3 is 20.5 Å². The zero-order valence-corrected chi connectivity index (χ0v) is 14.3. The largest absolute Gasteiger partial charge is 0.457 e. The van der Waals surface area contributed by atoms with Crippen LogP contribution in [-0.4, -0.2) is 25.2 Å². The van der Waals surface area contributed by atoms with Crippen LogP contribution >= 0.6 is 0 Å². The van der Waals surface area contributed by atoms with Crippen LogP contribution in [0.2, 0.25) is 0 Å². The lowest BCUT2D eigenvalue weighted by Crippen LogP contribution is -2.45. The molecule has 2 aromatic rings. The highest BCUT2D eigenvalue weighted by Gasteiger charge is 2.21. The Bertz CT molecular complexity index is 659. The predicted molar refractivity (Wildman–Crippen MR) is 95.4 cm³/mol. The van der Waals surface area contributed by atoms with Crippen molar-refractivity contribution in [1.29, 1.82) is 0 Å². The number of nitrogens with one attached hydrogen (secondary N) is 1. The Kier molecular flexibility index (Phi) is 5.95. The van der Waals surface area contributed by atoms with Gasteiger partial charge in [-0.15, -0.1) is 0 Å². The minimum absolute atomic E-state index is 0.234. The van der Waals surface area contributed by atoms with Crippen molar-refractivity contribution in [3.05, 3.63) is 54.1 Å². The van der Waals surface area contributed by atoms with Crippen molar-refractivity contribution in [2.24, 2.45) is 5.73 Å². The molecule has 128 valence electrons. The van der Waals surface area contributed by atoms with Crippen LogP contribution in [0, 0.1) is 0 Å². The molecule has 0 heterocycles. The maximum atomic E-state index is 11.8. The van der Waals surface area contributed by atoms with E-state index in [0.717, 1.165) is 12.2 Å². The molecule has 0 atom stereocenters. The molecule has 0 fully saturated rings. The highest BCUT2D eigenvalue weighted by atomic mass is 16.5. The summed E-state index contributed by atoms with van der Waals surface area (Å²) in [5, 5.41) is 2.77. The summed E-state index contributed by atoms with van der Waals surface area (Å²) in [6.07, 6.45) is 0.878. The van der Waals surface area contributed by atoms with E-state index in [2.05, 4.69) is 5.32 Å². The molecule has 0 saturated heterocycles. The second-order valence-corrected chi connectivity index (χ2v) is 6.19. The number of methoxy groups -OCH3 is 1. The zero-order valence-electron chi connectivity index (χ0n) is 14.3. The monoisotopic (exact) mass is 328 g/mol. The van der Waals surface area contributed by atoms with Gasteiger partial charge in [-0.1, -0.05) is 12.1 Å². The van der Waals surface area contributed by atoms with Crippen LogP contribution in [0.15, 0.2) is 48.5 Å². The van der Waals surface area contributed by atoms with Gasteiger partial charge >= 0.3 is 0 Å². The number of rotatable bonds is 7. The molecule has 0 saturated carbocycles. The van der Waals surface area contributed by atoms with Crippen LogP contribution in [-0.2, 0) is 16.0 Å². The maximum absolute atomic E-state index is 11.8. The second-order valence-electron chi connectivity index (χ2n) is 6.19. The van der Waals surface area contributed by atoms with E-state index in [-0.39, 0.29) is 5.91 Å². The smallest absolute Gasteiger partial charge is 0.243 e. The van der Waals surface area contributed by atoms with Crippen molar-refractivity contribution in [2.45, 2.75) is 25.8 Å². The SMILES string of the molecule is COCCc1ccc(Oc2ccc(NC(=O)C(C)(C)N)cc2)cc1. The van der Waals surface area contributed by atoms with Crippen molar-refractivity contribution >= 4 is 11.6 Å². The van der Waals surface area contributed by atoms with Gasteiger partial charge in [-0.3, -0.25) is 4.79 Å². The van der Waals surface area contributed by atoms with E-state index in [4.69, 9.17) is 15.2 Å². The van der Waals surface area contributed by atoms with Crippen LogP contribution < -0.4 is 15.8 Å². The fourth-order valence-electron chi connectivity index (χ4n) is 1.98. The molecule has 2 aromatic carbocycles. The molecule has 5 nitrogen and oxygen atoms in total. The maximum Gasteiger partial charge on any atom is 0.243 e. The molecule has 5 heteroatoms. The van der Waals surface area contributed by atoms with Crippen molar-refractivity contribution in [1.82, 2.24) is 0 Å². The van der Waals surface area contributed by atoms with Gasteiger partial charge in [0.15, 0.2) is 0 Å². The predicted octanol–water partition coefficient (Wildman–Crippen LogP) is 3.34. The number of ether oxygens (including phenoxy) is 2. The third-order valence-electron chi connectivity index (χ3n) is 3.45. The first-order valence-electron chi connectivity index (χ1n) is 7.84. The number of anilines is 1. The van der Waals surface area contributed by atoms with Crippen LogP contribution in [0.5, 0.6) is 11.5 Å². The van der Waals surface area contributed by atoms with Gasteiger partial charge in [0.1, 0.15) is 11.5 Å². The summed E-state index contributed by atoms with van der Waals surface area (Å²) in [5.41, 5.74) is 6.72. The first kappa shape index (κ1) is 18.0. The Balaban J connectivity index is 1.95. The Labute approximate surface area is 142 Å². The van der Waals surface area contributed by atoms with E-state index in [9.17, 15) is 4.79 Å². The summed E-state index contributed by atoms with van der Waals surface area (Å²) in [6.45, 7) is 4.03. The number of carbonyl (C=O) groups excluding carboxylic acids is 1. The number of hydrogen-bond donors (Lipinski definition) is 2. The third kappa shape index (κ3) is 5.37. The number of hydrogen-bond acceptors (Lipinski definition) is 4. The molecule has 24 heavy (non-hydrogen) atoms. The molecule has 0 aromatic heterocycles. The summed E-state index contributed by atoms with van der Waals surface area (Å²) < 4.78 is 10.9. The fourth-order valence-corrected chi connectivity index (χ4v) is 1.98. The van der Waals surface area contributed by atoms with Gasteiger partial charge in [-0.2, -0.15) is 0 Å². The van der Waals surface area contributed by atoms with Crippen LogP contribution in [0.1, 0.15) is 19.4 Å². The molecule has 2 rings (SSSR count). The van der Waals surface area contributed by atoms with Crippen molar-refractivity contribution in [3.63, 3.8) is 0 Å². The van der Waals surface area contributed by atoms with Crippen LogP contribution in [0.25, 0.3) is 0 Å². The molecule has 0 unspecified atom stereocenters. The summed E-state index contributed by atoms with van der Waals surface area (Å²) in [5.74, 6) is 1.23. The molecule has 1 amide bonds. The third-order valence-corrected chi connectivity index (χ3v) is 3.45. The highest BCUT2D eigenvalue weighted by Crippen LogP contribution is 2.23. The molecule has 0 spiro atoms. The second kappa shape index (κ2) is 7.95. The Hall–Kier alpha value is -2.37. The number of amides is 1. The van der Waals surface area contributed by atoms with Crippen molar-refractivity contribution in [2.75, 3.05) is 19.0 Å². The van der Waals surface area contributed by atoms with Crippen LogP contribution in [0.4, 0.5) is 5.69 Å². The molecular weight excluding hydrogens is 304 g/mol. The van der Waals surface area contributed by atoms with E-state index in [0.29, 0.717) is 18.0 Å². The van der Waals surface area contributed by atoms with Crippen molar-refractivity contribution < 1.29 is 14.3 Å². The van der Waals surface area contributed by atoms with E-state index >= 15 is 0 Å². The molecule has 0 radical (unpaired) electrons. The van der Waals surface area contributed by atoms with Gasteiger partial charge in [0, 0.05) is 12.8 Å². The Morgan fingerprint density at radius 3 is 2.08 bits per heavy atom. The number of nitrogens with two attached hydrogens (primary N) is 1. The summed E-state index contributed by atoms with van der Waals surface area (Å²) in [7, 11) is 1.69. The minimum Gasteiger partial charge on any atom is -0.457 e. The molecular formula is C19H24N2O3. The Morgan fingerprint density at radius 2 is 1.58 bits per heavy atom. The highest BCUT2D eigenvalue weighted by molar-refractivity contribution is 5.97. The van der Waals surface area contributed by atoms with Gasteiger partial charge in [-0.05, 0) is 62.2 Å². The van der Waals surface area contributed by atoms with Crippen LogP contribution in [0.3, 0.4) is 0 Å². The first-order chi connectivity index (χ1) is 11.4. The number of benzene rings is 2. The summed E-state index contributed by atoms with van der Waals surface area (Å²) in [4.78, 5) is 11.8. The van der Waals surface area contributed by atoms with Gasteiger partial charge in [0.05, 0.1) is 12.1 Å². The van der Waals surface area contributed by atoms with Gasteiger partial charge in [0.25, 0.3) is 0 Å². The van der Waals surface area contributed by atoms with E-state index in [1.165, 1.54) is 5.56 Å². The molecule has 0 aliphatic heterocycles. The van der Waals surface area contributed by atoms with Crippen molar-refractivity contribution in [3.8, 4) is 11.5 Å². The van der Waals surface area contributed by atoms with E-state index < -0.39 is 5.54 Å². The molecule has 0 aliphatic rings.